The minimum absolute atomic E-state index is 0.125. The summed E-state index contributed by atoms with van der Waals surface area (Å²) in [7, 11) is 0. The van der Waals surface area contributed by atoms with Crippen molar-refractivity contribution in [2.24, 2.45) is 0 Å². The summed E-state index contributed by atoms with van der Waals surface area (Å²) >= 11 is 0. The zero-order chi connectivity index (χ0) is 18.5. The van der Waals surface area contributed by atoms with E-state index in [4.69, 9.17) is 4.42 Å². The lowest BCUT2D eigenvalue weighted by atomic mass is 10.1. The van der Waals surface area contributed by atoms with E-state index in [9.17, 15) is 14.4 Å². The Morgan fingerprint density at radius 3 is 2.31 bits per heavy atom. The molecule has 3 N–H and O–H groups in total. The van der Waals surface area contributed by atoms with E-state index in [1.165, 1.54) is 0 Å². The quantitative estimate of drug-likeness (QED) is 0.625. The molecule has 1 aromatic heterocycles. The molecule has 0 spiro atoms. The van der Waals surface area contributed by atoms with Gasteiger partial charge in [0.05, 0.1) is 6.54 Å². The predicted molar refractivity (Wildman–Crippen MR) is 95.3 cm³/mol. The van der Waals surface area contributed by atoms with E-state index < -0.39 is 11.8 Å². The molecule has 7 heteroatoms. The van der Waals surface area contributed by atoms with Crippen LogP contribution in [0.15, 0.2) is 59.0 Å². The third kappa shape index (κ3) is 3.72. The normalized spacial score (nSPS) is 10.3. The van der Waals surface area contributed by atoms with Crippen LogP contribution in [-0.4, -0.2) is 24.3 Å². The average molecular weight is 351 g/mol. The summed E-state index contributed by atoms with van der Waals surface area (Å²) in [5.74, 6) is -1.38. The Labute approximate surface area is 149 Å². The van der Waals surface area contributed by atoms with Gasteiger partial charge in [-0.3, -0.25) is 25.2 Å². The van der Waals surface area contributed by atoms with Gasteiger partial charge in [-0.05, 0) is 25.1 Å². The smallest absolute Gasteiger partial charge is 0.305 e. The first-order valence-electron chi connectivity index (χ1n) is 7.97. The topological polar surface area (TPSA) is 100 Å². The molecule has 0 aliphatic carbocycles. The Hall–Kier alpha value is -3.61. The van der Waals surface area contributed by atoms with Crippen molar-refractivity contribution in [2.45, 2.75) is 6.92 Å². The third-order valence-corrected chi connectivity index (χ3v) is 3.81. The Balaban J connectivity index is 1.53. The van der Waals surface area contributed by atoms with Crippen molar-refractivity contribution in [2.75, 3.05) is 6.54 Å². The molecule has 0 saturated carbocycles. The van der Waals surface area contributed by atoms with Crippen molar-refractivity contribution in [3.05, 3.63) is 71.5 Å². The summed E-state index contributed by atoms with van der Waals surface area (Å²) < 4.78 is 5.52. The number of nitrogens with one attached hydrogen (secondary N) is 3. The number of hydrogen-bond acceptors (Lipinski definition) is 4. The summed E-state index contributed by atoms with van der Waals surface area (Å²) in [6.45, 7) is 1.50. The van der Waals surface area contributed by atoms with E-state index in [1.807, 2.05) is 18.2 Å². The van der Waals surface area contributed by atoms with Gasteiger partial charge in [0.1, 0.15) is 5.58 Å². The summed E-state index contributed by atoms with van der Waals surface area (Å²) in [4.78, 5) is 35.9. The zero-order valence-corrected chi connectivity index (χ0v) is 14.0. The van der Waals surface area contributed by atoms with Gasteiger partial charge >= 0.3 is 5.91 Å². The number of fused-ring (bicyclic) bond motifs is 1. The number of carbonyl (C=O) groups is 3. The fraction of sp³-hybridized carbons (Fsp3) is 0.105. The first-order valence-corrected chi connectivity index (χ1v) is 7.97. The average Bonchev–Trinajstić information content (AvgIpc) is 3.02. The minimum atomic E-state index is -0.568. The molecule has 0 aliphatic rings. The Bertz CT molecular complexity index is 963. The Morgan fingerprint density at radius 2 is 1.58 bits per heavy atom. The van der Waals surface area contributed by atoms with Crippen molar-refractivity contribution in [3.8, 4) is 0 Å². The van der Waals surface area contributed by atoms with Crippen LogP contribution < -0.4 is 16.2 Å². The van der Waals surface area contributed by atoms with Crippen molar-refractivity contribution in [1.82, 2.24) is 16.2 Å². The molecule has 0 atom stereocenters. The lowest BCUT2D eigenvalue weighted by Crippen LogP contribution is -2.46. The van der Waals surface area contributed by atoms with Gasteiger partial charge in [0.25, 0.3) is 11.8 Å². The molecule has 26 heavy (non-hydrogen) atoms. The molecule has 0 bridgehead atoms. The monoisotopic (exact) mass is 351 g/mol. The Kier molecular flexibility index (Phi) is 4.98. The number of aryl methyl sites for hydroxylation is 1. The fourth-order valence-electron chi connectivity index (χ4n) is 2.47. The molecule has 2 aromatic carbocycles. The molecule has 3 rings (SSSR count). The number of hydrazine groups is 1. The van der Waals surface area contributed by atoms with Crippen LogP contribution in [0.3, 0.4) is 0 Å². The second-order valence-electron chi connectivity index (χ2n) is 5.60. The van der Waals surface area contributed by atoms with E-state index in [0.29, 0.717) is 16.7 Å². The van der Waals surface area contributed by atoms with E-state index in [0.717, 1.165) is 5.39 Å². The molecular formula is C19H17N3O4. The first-order chi connectivity index (χ1) is 12.6. The highest BCUT2D eigenvalue weighted by Gasteiger charge is 2.18. The summed E-state index contributed by atoms with van der Waals surface area (Å²) in [5, 5.41) is 3.30. The summed E-state index contributed by atoms with van der Waals surface area (Å²) in [5.41, 5.74) is 6.25. The third-order valence-electron chi connectivity index (χ3n) is 3.81. The predicted octanol–water partition coefficient (Wildman–Crippen LogP) is 1.93. The number of amides is 3. The first kappa shape index (κ1) is 17.2. The van der Waals surface area contributed by atoms with Crippen LogP contribution in [-0.2, 0) is 4.79 Å². The van der Waals surface area contributed by atoms with Crippen LogP contribution in [0, 0.1) is 6.92 Å². The SMILES string of the molecule is Cc1c(C(=O)NNC(=O)CNC(=O)c2ccccc2)oc2ccccc12. The van der Waals surface area contributed by atoms with Gasteiger partial charge in [-0.25, -0.2) is 0 Å². The fourth-order valence-corrected chi connectivity index (χ4v) is 2.47. The van der Waals surface area contributed by atoms with Crippen molar-refractivity contribution >= 4 is 28.7 Å². The molecule has 0 fully saturated rings. The number of benzene rings is 2. The van der Waals surface area contributed by atoms with Gasteiger partial charge in [0.15, 0.2) is 5.76 Å². The van der Waals surface area contributed by atoms with Crippen LogP contribution in [0.2, 0.25) is 0 Å². The molecule has 3 amide bonds. The molecular weight excluding hydrogens is 334 g/mol. The van der Waals surface area contributed by atoms with E-state index in [1.54, 1.807) is 43.3 Å². The zero-order valence-electron chi connectivity index (χ0n) is 14.0. The second kappa shape index (κ2) is 7.52. The lowest BCUT2D eigenvalue weighted by Gasteiger charge is -2.08. The minimum Gasteiger partial charge on any atom is -0.451 e. The van der Waals surface area contributed by atoms with Gasteiger partial charge in [-0.1, -0.05) is 36.4 Å². The van der Waals surface area contributed by atoms with Gasteiger partial charge in [0.2, 0.25) is 0 Å². The highest BCUT2D eigenvalue weighted by Crippen LogP contribution is 2.24. The number of hydrogen-bond donors (Lipinski definition) is 3. The highest BCUT2D eigenvalue weighted by atomic mass is 16.3. The van der Waals surface area contributed by atoms with Crippen LogP contribution in [0.1, 0.15) is 26.5 Å². The highest BCUT2D eigenvalue weighted by molar-refractivity contribution is 6.00. The molecule has 0 aliphatic heterocycles. The standard InChI is InChI=1S/C19H17N3O4/c1-12-14-9-5-6-10-15(14)26-17(12)19(25)22-21-16(23)11-20-18(24)13-7-3-2-4-8-13/h2-10H,11H2,1H3,(H,20,24)(H,21,23)(H,22,25). The molecule has 0 unspecified atom stereocenters. The number of rotatable bonds is 4. The summed E-state index contributed by atoms with van der Waals surface area (Å²) in [6.07, 6.45) is 0. The lowest BCUT2D eigenvalue weighted by molar-refractivity contribution is -0.120. The van der Waals surface area contributed by atoms with Crippen molar-refractivity contribution in [1.29, 1.82) is 0 Å². The van der Waals surface area contributed by atoms with Gasteiger partial charge in [-0.15, -0.1) is 0 Å². The second-order valence-corrected chi connectivity index (χ2v) is 5.60. The van der Waals surface area contributed by atoms with Gasteiger partial charge in [0, 0.05) is 16.5 Å². The van der Waals surface area contributed by atoms with E-state index in [2.05, 4.69) is 16.2 Å². The molecule has 132 valence electrons. The van der Waals surface area contributed by atoms with Crippen molar-refractivity contribution < 1.29 is 18.8 Å². The number of para-hydroxylation sites is 1. The van der Waals surface area contributed by atoms with Crippen LogP contribution >= 0.6 is 0 Å². The number of carbonyl (C=O) groups excluding carboxylic acids is 3. The van der Waals surface area contributed by atoms with Gasteiger partial charge in [-0.2, -0.15) is 0 Å². The molecule has 1 heterocycles. The molecule has 7 nitrogen and oxygen atoms in total. The van der Waals surface area contributed by atoms with Crippen LogP contribution in [0.4, 0.5) is 0 Å². The molecule has 3 aromatic rings. The van der Waals surface area contributed by atoms with E-state index >= 15 is 0 Å². The Morgan fingerprint density at radius 1 is 0.885 bits per heavy atom. The van der Waals surface area contributed by atoms with Gasteiger partial charge < -0.3 is 9.73 Å². The molecule has 0 saturated heterocycles. The van der Waals surface area contributed by atoms with Crippen LogP contribution in [0.25, 0.3) is 11.0 Å². The maximum absolute atomic E-state index is 12.2. The molecule has 0 radical (unpaired) electrons. The van der Waals surface area contributed by atoms with Crippen molar-refractivity contribution in [3.63, 3.8) is 0 Å². The van der Waals surface area contributed by atoms with Crippen LogP contribution in [0.5, 0.6) is 0 Å². The largest absolute Gasteiger partial charge is 0.451 e. The summed E-state index contributed by atoms with van der Waals surface area (Å²) in [6, 6.07) is 15.8. The number of furan rings is 1. The maximum atomic E-state index is 12.2. The van der Waals surface area contributed by atoms with E-state index in [-0.39, 0.29) is 18.2 Å². The maximum Gasteiger partial charge on any atom is 0.305 e.